The highest BCUT2D eigenvalue weighted by molar-refractivity contribution is 7.89. The number of benzene rings is 2. The van der Waals surface area contributed by atoms with Gasteiger partial charge in [0.1, 0.15) is 10.6 Å². The Balaban J connectivity index is 1.35. The van der Waals surface area contributed by atoms with E-state index in [1.54, 1.807) is 12.1 Å². The van der Waals surface area contributed by atoms with E-state index in [0.717, 1.165) is 18.7 Å². The van der Waals surface area contributed by atoms with Crippen LogP contribution in [0.3, 0.4) is 0 Å². The Morgan fingerprint density at radius 1 is 0.941 bits per heavy atom. The topological polar surface area (TPSA) is 70.2 Å². The minimum absolute atomic E-state index is 0.127. The monoisotopic (exact) mass is 485 g/mol. The summed E-state index contributed by atoms with van der Waals surface area (Å²) in [5.74, 6) is 0.384. The third-order valence-corrected chi connectivity index (χ3v) is 9.17. The van der Waals surface area contributed by atoms with Crippen molar-refractivity contribution in [2.75, 3.05) is 51.3 Å². The van der Waals surface area contributed by atoms with Gasteiger partial charge in [-0.05, 0) is 68.5 Å². The molecule has 2 heterocycles. The van der Waals surface area contributed by atoms with Crippen molar-refractivity contribution in [2.24, 2.45) is 5.92 Å². The van der Waals surface area contributed by atoms with Gasteiger partial charge >= 0.3 is 0 Å². The Kier molecular flexibility index (Phi) is 7.19. The minimum atomic E-state index is -3.67. The van der Waals surface area contributed by atoms with Crippen LogP contribution >= 0.6 is 0 Å². The van der Waals surface area contributed by atoms with Crippen LogP contribution < -0.4 is 9.64 Å². The summed E-state index contributed by atoms with van der Waals surface area (Å²) in [6.07, 6.45) is 1.09. The fraction of sp³-hybridized carbons (Fsp3) is 0.500. The molecule has 0 unspecified atom stereocenters. The second-order valence-electron chi connectivity index (χ2n) is 9.36. The SMILES string of the molecule is COc1ccc(C)cc1S(=O)(=O)N1CCC(C(=O)N2CCN(c3cccc(C)c3C)CC2)CC1. The summed E-state index contributed by atoms with van der Waals surface area (Å²) in [6, 6.07) is 11.5. The summed E-state index contributed by atoms with van der Waals surface area (Å²) < 4.78 is 33.3. The van der Waals surface area contributed by atoms with Gasteiger partial charge in [-0.15, -0.1) is 0 Å². The van der Waals surface area contributed by atoms with Gasteiger partial charge in [0.2, 0.25) is 15.9 Å². The van der Waals surface area contributed by atoms with Gasteiger partial charge in [0.15, 0.2) is 0 Å². The van der Waals surface area contributed by atoms with Crippen LogP contribution in [-0.2, 0) is 14.8 Å². The van der Waals surface area contributed by atoms with E-state index >= 15 is 0 Å². The second-order valence-corrected chi connectivity index (χ2v) is 11.3. The summed E-state index contributed by atoms with van der Waals surface area (Å²) in [5, 5.41) is 0. The number of amides is 1. The molecule has 184 valence electrons. The molecule has 1 amide bonds. The van der Waals surface area contributed by atoms with E-state index in [4.69, 9.17) is 4.74 Å². The Morgan fingerprint density at radius 3 is 2.26 bits per heavy atom. The highest BCUT2D eigenvalue weighted by atomic mass is 32.2. The lowest BCUT2D eigenvalue weighted by Crippen LogP contribution is -2.52. The number of rotatable bonds is 5. The molecule has 2 fully saturated rings. The zero-order chi connectivity index (χ0) is 24.5. The predicted octanol–water partition coefficient (Wildman–Crippen LogP) is 3.37. The number of methoxy groups -OCH3 is 1. The Morgan fingerprint density at radius 2 is 1.62 bits per heavy atom. The van der Waals surface area contributed by atoms with E-state index in [9.17, 15) is 13.2 Å². The molecule has 0 atom stereocenters. The number of piperazine rings is 1. The molecule has 0 radical (unpaired) electrons. The first-order chi connectivity index (χ1) is 16.2. The van der Waals surface area contributed by atoms with Gasteiger partial charge in [0, 0.05) is 50.9 Å². The molecular weight excluding hydrogens is 450 g/mol. The van der Waals surface area contributed by atoms with Crippen LogP contribution in [0.4, 0.5) is 5.69 Å². The third kappa shape index (κ3) is 4.79. The minimum Gasteiger partial charge on any atom is -0.495 e. The molecule has 0 bridgehead atoms. The zero-order valence-corrected chi connectivity index (χ0v) is 21.4. The normalized spacial score (nSPS) is 18.2. The fourth-order valence-corrected chi connectivity index (χ4v) is 6.68. The Bertz CT molecular complexity index is 1150. The molecule has 2 aromatic rings. The van der Waals surface area contributed by atoms with Crippen molar-refractivity contribution < 1.29 is 17.9 Å². The summed E-state index contributed by atoms with van der Waals surface area (Å²) in [4.78, 5) is 17.7. The van der Waals surface area contributed by atoms with Crippen LogP contribution in [0, 0.1) is 26.7 Å². The molecule has 2 aliphatic rings. The van der Waals surface area contributed by atoms with Crippen LogP contribution in [0.2, 0.25) is 0 Å². The number of carbonyl (C=O) groups is 1. The number of anilines is 1. The van der Waals surface area contributed by atoms with Gasteiger partial charge in [-0.1, -0.05) is 18.2 Å². The summed E-state index contributed by atoms with van der Waals surface area (Å²) >= 11 is 0. The lowest BCUT2D eigenvalue weighted by molar-refractivity contribution is -0.137. The lowest BCUT2D eigenvalue weighted by Gasteiger charge is -2.39. The number of hydrogen-bond donors (Lipinski definition) is 0. The van der Waals surface area contributed by atoms with Crippen molar-refractivity contribution in [3.8, 4) is 5.75 Å². The fourth-order valence-electron chi connectivity index (χ4n) is 4.97. The van der Waals surface area contributed by atoms with Gasteiger partial charge in [-0.3, -0.25) is 4.79 Å². The largest absolute Gasteiger partial charge is 0.495 e. The van der Waals surface area contributed by atoms with Crippen LogP contribution in [0.15, 0.2) is 41.3 Å². The van der Waals surface area contributed by atoms with E-state index in [1.165, 1.54) is 28.2 Å². The molecule has 2 aliphatic heterocycles. The van der Waals surface area contributed by atoms with E-state index in [1.807, 2.05) is 17.9 Å². The van der Waals surface area contributed by atoms with Crippen molar-refractivity contribution in [3.05, 3.63) is 53.1 Å². The first-order valence-electron chi connectivity index (χ1n) is 12.0. The van der Waals surface area contributed by atoms with Crippen LogP contribution in [-0.4, -0.2) is 69.9 Å². The number of piperidine rings is 1. The summed E-state index contributed by atoms with van der Waals surface area (Å²) in [7, 11) is -2.19. The number of nitrogens with zero attached hydrogens (tertiary/aromatic N) is 3. The van der Waals surface area contributed by atoms with Gasteiger partial charge < -0.3 is 14.5 Å². The molecule has 0 spiro atoms. The van der Waals surface area contributed by atoms with Crippen molar-refractivity contribution in [3.63, 3.8) is 0 Å². The van der Waals surface area contributed by atoms with Gasteiger partial charge in [0.05, 0.1) is 7.11 Å². The molecule has 2 saturated heterocycles. The molecule has 34 heavy (non-hydrogen) atoms. The van der Waals surface area contributed by atoms with Crippen LogP contribution in [0.5, 0.6) is 5.75 Å². The maximum atomic E-state index is 13.3. The third-order valence-electron chi connectivity index (χ3n) is 7.25. The van der Waals surface area contributed by atoms with E-state index in [2.05, 4.69) is 36.9 Å². The Labute approximate surface area is 203 Å². The van der Waals surface area contributed by atoms with Crippen molar-refractivity contribution >= 4 is 21.6 Å². The van der Waals surface area contributed by atoms with Crippen molar-refractivity contribution in [2.45, 2.75) is 38.5 Å². The van der Waals surface area contributed by atoms with Gasteiger partial charge in [0.25, 0.3) is 0 Å². The van der Waals surface area contributed by atoms with E-state index < -0.39 is 10.0 Å². The number of sulfonamides is 1. The Hall–Kier alpha value is -2.58. The zero-order valence-electron chi connectivity index (χ0n) is 20.6. The highest BCUT2D eigenvalue weighted by Crippen LogP contribution is 2.31. The van der Waals surface area contributed by atoms with Crippen molar-refractivity contribution in [1.29, 1.82) is 0 Å². The van der Waals surface area contributed by atoms with Gasteiger partial charge in [-0.2, -0.15) is 4.31 Å². The molecular formula is C26H35N3O4S. The predicted molar refractivity (Wildman–Crippen MR) is 134 cm³/mol. The summed E-state index contributed by atoms with van der Waals surface area (Å²) in [6.45, 7) is 9.86. The van der Waals surface area contributed by atoms with Gasteiger partial charge in [-0.25, -0.2) is 8.42 Å². The molecule has 0 saturated carbocycles. The maximum absolute atomic E-state index is 13.3. The average Bonchev–Trinajstić information content (AvgIpc) is 2.85. The molecule has 0 N–H and O–H groups in total. The number of ether oxygens (including phenoxy) is 1. The first-order valence-corrected chi connectivity index (χ1v) is 13.4. The molecule has 2 aromatic carbocycles. The summed E-state index contributed by atoms with van der Waals surface area (Å²) in [5.41, 5.74) is 4.68. The maximum Gasteiger partial charge on any atom is 0.246 e. The first kappa shape index (κ1) is 24.5. The average molecular weight is 486 g/mol. The van der Waals surface area contributed by atoms with Crippen LogP contribution in [0.25, 0.3) is 0 Å². The highest BCUT2D eigenvalue weighted by Gasteiger charge is 2.36. The molecule has 0 aromatic heterocycles. The molecule has 8 heteroatoms. The quantitative estimate of drug-likeness (QED) is 0.650. The number of aryl methyl sites for hydroxylation is 2. The molecule has 4 rings (SSSR count). The second kappa shape index (κ2) is 9.96. The van der Waals surface area contributed by atoms with E-state index in [0.29, 0.717) is 44.8 Å². The number of carbonyl (C=O) groups excluding carboxylic acids is 1. The van der Waals surface area contributed by atoms with Crippen LogP contribution in [0.1, 0.15) is 29.5 Å². The molecule has 7 nitrogen and oxygen atoms in total. The molecule has 0 aliphatic carbocycles. The lowest BCUT2D eigenvalue weighted by atomic mass is 9.96. The van der Waals surface area contributed by atoms with E-state index in [-0.39, 0.29) is 16.7 Å². The number of hydrogen-bond acceptors (Lipinski definition) is 5. The van der Waals surface area contributed by atoms with Crippen molar-refractivity contribution in [1.82, 2.24) is 9.21 Å². The standard InChI is InChI=1S/C26H35N3O4S/c1-19-8-9-24(33-4)25(18-19)34(31,32)29-12-10-22(11-13-29)26(30)28-16-14-27(15-17-28)23-7-5-6-20(2)21(23)3/h5-9,18,22H,10-17H2,1-4H3. The smallest absolute Gasteiger partial charge is 0.246 e.